The van der Waals surface area contributed by atoms with Gasteiger partial charge in [0.1, 0.15) is 5.82 Å². The summed E-state index contributed by atoms with van der Waals surface area (Å²) in [5.41, 5.74) is 1.96. The SMILES string of the molecule is CCC(=O)N1N=C(c2ccc(NS(C)(=O)=O)cc2)CC1c1c(F)cccc1Cl. The average molecular weight is 424 g/mol. The van der Waals surface area contributed by atoms with Crippen molar-refractivity contribution < 1.29 is 17.6 Å². The molecule has 28 heavy (non-hydrogen) atoms. The molecule has 6 nitrogen and oxygen atoms in total. The molecule has 1 atom stereocenters. The largest absolute Gasteiger partial charge is 0.284 e. The molecule has 1 unspecified atom stereocenters. The molecule has 0 radical (unpaired) electrons. The number of nitrogens with zero attached hydrogens (tertiary/aromatic N) is 2. The number of nitrogens with one attached hydrogen (secondary N) is 1. The van der Waals surface area contributed by atoms with Crippen LogP contribution in [0.5, 0.6) is 0 Å². The molecule has 2 aromatic rings. The lowest BCUT2D eigenvalue weighted by Crippen LogP contribution is -2.27. The highest BCUT2D eigenvalue weighted by molar-refractivity contribution is 7.92. The van der Waals surface area contributed by atoms with Crippen molar-refractivity contribution in [2.75, 3.05) is 11.0 Å². The van der Waals surface area contributed by atoms with Gasteiger partial charge in [-0.25, -0.2) is 17.8 Å². The number of halogens is 2. The zero-order chi connectivity index (χ0) is 20.5. The molecule has 0 fully saturated rings. The lowest BCUT2D eigenvalue weighted by molar-refractivity contribution is -0.132. The Hall–Kier alpha value is -2.45. The van der Waals surface area contributed by atoms with Crippen molar-refractivity contribution in [2.24, 2.45) is 5.10 Å². The van der Waals surface area contributed by atoms with Crippen LogP contribution in [0.1, 0.15) is 36.9 Å². The van der Waals surface area contributed by atoms with Gasteiger partial charge in [0.15, 0.2) is 0 Å². The van der Waals surface area contributed by atoms with Gasteiger partial charge in [0, 0.05) is 29.1 Å². The summed E-state index contributed by atoms with van der Waals surface area (Å²) in [5.74, 6) is -0.731. The molecule has 1 N–H and O–H groups in total. The number of anilines is 1. The Kier molecular flexibility index (Phi) is 5.71. The summed E-state index contributed by atoms with van der Waals surface area (Å²) < 4.78 is 39.5. The molecule has 0 aromatic heterocycles. The van der Waals surface area contributed by atoms with Gasteiger partial charge < -0.3 is 0 Å². The van der Waals surface area contributed by atoms with Gasteiger partial charge in [-0.3, -0.25) is 9.52 Å². The third-order valence-corrected chi connectivity index (χ3v) is 5.26. The number of sulfonamides is 1. The van der Waals surface area contributed by atoms with Crippen molar-refractivity contribution in [3.63, 3.8) is 0 Å². The maximum atomic E-state index is 14.4. The molecule has 1 heterocycles. The topological polar surface area (TPSA) is 78.8 Å². The number of hydrogen-bond acceptors (Lipinski definition) is 4. The summed E-state index contributed by atoms with van der Waals surface area (Å²) in [7, 11) is -3.38. The zero-order valence-electron chi connectivity index (χ0n) is 15.3. The Labute approximate surface area is 168 Å². The molecule has 1 amide bonds. The van der Waals surface area contributed by atoms with Gasteiger partial charge in [0.25, 0.3) is 0 Å². The first-order valence-electron chi connectivity index (χ1n) is 8.61. The summed E-state index contributed by atoms with van der Waals surface area (Å²) in [4.78, 5) is 12.4. The Morgan fingerprint density at radius 2 is 1.96 bits per heavy atom. The van der Waals surface area contributed by atoms with Gasteiger partial charge in [0.05, 0.1) is 18.0 Å². The third-order valence-electron chi connectivity index (χ3n) is 4.32. The number of amides is 1. The number of carbonyl (C=O) groups is 1. The summed E-state index contributed by atoms with van der Waals surface area (Å²) >= 11 is 6.20. The maximum Gasteiger partial charge on any atom is 0.242 e. The molecule has 1 aliphatic rings. The van der Waals surface area contributed by atoms with E-state index in [4.69, 9.17) is 11.6 Å². The minimum absolute atomic E-state index is 0.219. The van der Waals surface area contributed by atoms with Crippen molar-refractivity contribution >= 4 is 38.9 Å². The number of hydrazone groups is 1. The lowest BCUT2D eigenvalue weighted by Gasteiger charge is -2.22. The summed E-state index contributed by atoms with van der Waals surface area (Å²) in [5, 5.41) is 5.93. The second kappa shape index (κ2) is 7.89. The smallest absolute Gasteiger partial charge is 0.242 e. The minimum atomic E-state index is -3.38. The van der Waals surface area contributed by atoms with Crippen LogP contribution < -0.4 is 4.72 Å². The van der Waals surface area contributed by atoms with Crippen LogP contribution in [-0.2, 0) is 14.8 Å². The summed E-state index contributed by atoms with van der Waals surface area (Å²) in [6.45, 7) is 1.71. The molecule has 2 aromatic carbocycles. The molecule has 0 saturated heterocycles. The second-order valence-electron chi connectivity index (χ2n) is 6.45. The first-order valence-corrected chi connectivity index (χ1v) is 10.9. The predicted octanol–water partition coefficient (Wildman–Crippen LogP) is 3.94. The summed E-state index contributed by atoms with van der Waals surface area (Å²) in [6.07, 6.45) is 1.58. The molecule has 148 valence electrons. The van der Waals surface area contributed by atoms with Crippen molar-refractivity contribution in [1.29, 1.82) is 0 Å². The Morgan fingerprint density at radius 1 is 1.29 bits per heavy atom. The van der Waals surface area contributed by atoms with Crippen LogP contribution in [0.4, 0.5) is 10.1 Å². The van der Waals surface area contributed by atoms with Gasteiger partial charge in [0.2, 0.25) is 15.9 Å². The monoisotopic (exact) mass is 423 g/mol. The van der Waals surface area contributed by atoms with Crippen molar-refractivity contribution in [2.45, 2.75) is 25.8 Å². The highest BCUT2D eigenvalue weighted by Gasteiger charge is 2.35. The second-order valence-corrected chi connectivity index (χ2v) is 8.60. The molecule has 0 aliphatic carbocycles. The van der Waals surface area contributed by atoms with Crippen LogP contribution in [0, 0.1) is 5.82 Å². The zero-order valence-corrected chi connectivity index (χ0v) is 16.9. The average Bonchev–Trinajstić information content (AvgIpc) is 3.05. The van der Waals surface area contributed by atoms with Crippen LogP contribution in [0.2, 0.25) is 5.02 Å². The van der Waals surface area contributed by atoms with E-state index < -0.39 is 21.9 Å². The molecule has 1 aliphatic heterocycles. The molecule has 3 rings (SSSR count). The Balaban J connectivity index is 1.94. The summed E-state index contributed by atoms with van der Waals surface area (Å²) in [6, 6.07) is 10.4. The van der Waals surface area contributed by atoms with Crippen LogP contribution in [0.25, 0.3) is 0 Å². The first-order chi connectivity index (χ1) is 13.2. The van der Waals surface area contributed by atoms with Crippen LogP contribution in [0.3, 0.4) is 0 Å². The molecular formula is C19H19ClFN3O3S. The van der Waals surface area contributed by atoms with Crippen molar-refractivity contribution in [3.05, 3.63) is 64.4 Å². The van der Waals surface area contributed by atoms with E-state index in [0.717, 1.165) is 6.26 Å². The van der Waals surface area contributed by atoms with E-state index in [2.05, 4.69) is 9.82 Å². The van der Waals surface area contributed by atoms with E-state index in [1.807, 2.05) is 0 Å². The van der Waals surface area contributed by atoms with Crippen LogP contribution in [0.15, 0.2) is 47.6 Å². The minimum Gasteiger partial charge on any atom is -0.284 e. The first kappa shape index (κ1) is 20.3. The van der Waals surface area contributed by atoms with Gasteiger partial charge in [-0.05, 0) is 29.8 Å². The van der Waals surface area contributed by atoms with Gasteiger partial charge >= 0.3 is 0 Å². The highest BCUT2D eigenvalue weighted by atomic mass is 35.5. The fourth-order valence-electron chi connectivity index (χ4n) is 3.08. The number of benzene rings is 2. The number of hydrogen-bond donors (Lipinski definition) is 1. The molecule has 0 saturated carbocycles. The van der Waals surface area contributed by atoms with Gasteiger partial charge in [-0.2, -0.15) is 5.10 Å². The van der Waals surface area contributed by atoms with E-state index in [1.54, 1.807) is 37.3 Å². The normalized spacial score (nSPS) is 16.8. The molecular weight excluding hydrogens is 405 g/mol. The molecule has 0 bridgehead atoms. The molecule has 9 heteroatoms. The third kappa shape index (κ3) is 4.34. The van der Waals surface area contributed by atoms with Crippen molar-refractivity contribution in [1.82, 2.24) is 5.01 Å². The fourth-order valence-corrected chi connectivity index (χ4v) is 3.93. The highest BCUT2D eigenvalue weighted by Crippen LogP contribution is 2.38. The predicted molar refractivity (Wildman–Crippen MR) is 107 cm³/mol. The fraction of sp³-hybridized carbons (Fsp3) is 0.263. The van der Waals surface area contributed by atoms with E-state index in [-0.39, 0.29) is 22.9 Å². The van der Waals surface area contributed by atoms with E-state index in [1.165, 1.54) is 17.1 Å². The van der Waals surface area contributed by atoms with E-state index >= 15 is 0 Å². The molecule has 0 spiro atoms. The van der Waals surface area contributed by atoms with Crippen molar-refractivity contribution in [3.8, 4) is 0 Å². The quantitative estimate of drug-likeness (QED) is 0.791. The van der Waals surface area contributed by atoms with E-state index in [9.17, 15) is 17.6 Å². The number of carbonyl (C=O) groups excluding carboxylic acids is 1. The van der Waals surface area contributed by atoms with Gasteiger partial charge in [-0.15, -0.1) is 0 Å². The van der Waals surface area contributed by atoms with Crippen LogP contribution in [-0.4, -0.2) is 31.3 Å². The maximum absolute atomic E-state index is 14.4. The Morgan fingerprint density at radius 3 is 2.54 bits per heavy atom. The van der Waals surface area contributed by atoms with Gasteiger partial charge in [-0.1, -0.05) is 36.7 Å². The Bertz CT molecular complexity index is 1020. The van der Waals surface area contributed by atoms with E-state index in [0.29, 0.717) is 23.4 Å². The lowest BCUT2D eigenvalue weighted by atomic mass is 9.97. The van der Waals surface area contributed by atoms with Crippen LogP contribution >= 0.6 is 11.6 Å². The standard InChI is InChI=1S/C19H19ClFN3O3S/c1-3-18(25)24-17(19-14(20)5-4-6-15(19)21)11-16(22-24)12-7-9-13(10-8-12)23-28(2,26)27/h4-10,17,23H,3,11H2,1-2H3. The number of rotatable bonds is 5.